The van der Waals surface area contributed by atoms with Crippen LogP contribution < -0.4 is 5.43 Å². The summed E-state index contributed by atoms with van der Waals surface area (Å²) in [7, 11) is 2.34. The molecule has 0 saturated heterocycles. The first kappa shape index (κ1) is 12.7. The van der Waals surface area contributed by atoms with Crippen LogP contribution in [0.2, 0.25) is 5.31 Å². The predicted octanol–water partition coefficient (Wildman–Crippen LogP) is 2.18. The maximum Gasteiger partial charge on any atom is 0.240 e. The predicted molar refractivity (Wildman–Crippen MR) is 73.0 cm³/mol. The Morgan fingerprint density at radius 3 is 2.12 bits per heavy atom. The maximum absolute atomic E-state index is 11.2. The smallest absolute Gasteiger partial charge is 0.240 e. The van der Waals surface area contributed by atoms with E-state index in [4.69, 9.17) is 0 Å². The average molecular weight is 234 g/mol. The van der Waals surface area contributed by atoms with E-state index in [0.29, 0.717) is 6.42 Å². The lowest BCUT2D eigenvalue weighted by Gasteiger charge is -2.32. The van der Waals surface area contributed by atoms with Crippen LogP contribution in [-0.2, 0) is 4.79 Å². The molecule has 1 saturated carbocycles. The lowest BCUT2D eigenvalue weighted by molar-refractivity contribution is -0.121. The molecular weight excluding hydrogens is 211 g/mol. The minimum Gasteiger partial charge on any atom is -0.273 e. The number of amides is 1. The van der Waals surface area contributed by atoms with E-state index in [1.807, 2.05) is 0 Å². The fourth-order valence-electron chi connectivity index (χ4n) is 3.06. The van der Waals surface area contributed by atoms with Crippen LogP contribution in [0.3, 0.4) is 0 Å². The van der Waals surface area contributed by atoms with E-state index in [0.717, 1.165) is 6.42 Å². The zero-order valence-corrected chi connectivity index (χ0v) is 10.9. The number of nitrogens with one attached hydrogen (secondary N) is 1. The highest BCUT2D eigenvalue weighted by Crippen LogP contribution is 2.40. The third kappa shape index (κ3) is 3.33. The molecule has 0 spiro atoms. The van der Waals surface area contributed by atoms with Gasteiger partial charge in [0.05, 0.1) is 0 Å². The van der Waals surface area contributed by atoms with Crippen LogP contribution in [0.4, 0.5) is 0 Å². The molecule has 0 aromatic heterocycles. The van der Waals surface area contributed by atoms with Gasteiger partial charge in [-0.05, 0) is 24.6 Å². The van der Waals surface area contributed by atoms with E-state index in [9.17, 15) is 4.79 Å². The van der Waals surface area contributed by atoms with Gasteiger partial charge in [-0.3, -0.25) is 4.79 Å². The quantitative estimate of drug-likeness (QED) is 0.694. The number of hydrazone groups is 1. The van der Waals surface area contributed by atoms with Gasteiger partial charge in [0.15, 0.2) is 0 Å². The zero-order chi connectivity index (χ0) is 12.1. The molecule has 0 bridgehead atoms. The summed E-state index contributed by atoms with van der Waals surface area (Å²) in [5, 5.41) is 4.56. The Balaban J connectivity index is 2.05. The fourth-order valence-corrected chi connectivity index (χ4v) is 3.06. The standard InChI is InChI=1S/C13H23BN2O/c14-13(11-7-8-12(17)16-15-11)9-5-3-1-2-4-6-10-13/h1-10,14H2,(H,16,17). The van der Waals surface area contributed by atoms with Crippen molar-refractivity contribution in [3.63, 3.8) is 0 Å². The molecule has 0 radical (unpaired) electrons. The summed E-state index contributed by atoms with van der Waals surface area (Å²) in [5.74, 6) is 0.0698. The van der Waals surface area contributed by atoms with Crippen molar-refractivity contribution < 1.29 is 4.79 Å². The van der Waals surface area contributed by atoms with Crippen LogP contribution in [-0.4, -0.2) is 19.5 Å². The number of rotatable bonds is 1. The van der Waals surface area contributed by atoms with Gasteiger partial charge in [-0.15, -0.1) is 0 Å². The molecule has 1 N–H and O–H groups in total. The second-order valence-electron chi connectivity index (χ2n) is 5.78. The van der Waals surface area contributed by atoms with Crippen molar-refractivity contribution in [3.8, 4) is 0 Å². The molecular formula is C13H23BN2O. The average Bonchev–Trinajstić information content (AvgIpc) is 2.43. The van der Waals surface area contributed by atoms with Gasteiger partial charge in [-0.2, -0.15) is 5.10 Å². The van der Waals surface area contributed by atoms with Gasteiger partial charge in [0, 0.05) is 12.1 Å². The zero-order valence-electron chi connectivity index (χ0n) is 10.9. The summed E-state index contributed by atoms with van der Waals surface area (Å²) >= 11 is 0. The molecule has 4 heteroatoms. The summed E-state index contributed by atoms with van der Waals surface area (Å²) < 4.78 is 0. The summed E-state index contributed by atoms with van der Waals surface area (Å²) in [6.07, 6.45) is 12.1. The summed E-state index contributed by atoms with van der Waals surface area (Å²) in [4.78, 5) is 11.2. The van der Waals surface area contributed by atoms with E-state index in [1.54, 1.807) is 0 Å². The Kier molecular flexibility index (Phi) is 4.24. The molecule has 0 aromatic rings. The van der Waals surface area contributed by atoms with Crippen LogP contribution in [0.25, 0.3) is 0 Å². The summed E-state index contributed by atoms with van der Waals surface area (Å²) in [5.41, 5.74) is 3.89. The van der Waals surface area contributed by atoms with Gasteiger partial charge in [-0.1, -0.05) is 38.5 Å². The van der Waals surface area contributed by atoms with Gasteiger partial charge >= 0.3 is 0 Å². The molecule has 0 atom stereocenters. The van der Waals surface area contributed by atoms with Crippen molar-refractivity contribution in [2.24, 2.45) is 5.10 Å². The topological polar surface area (TPSA) is 41.5 Å². The third-order valence-electron chi connectivity index (χ3n) is 4.31. The van der Waals surface area contributed by atoms with Gasteiger partial charge in [-0.25, -0.2) is 5.43 Å². The van der Waals surface area contributed by atoms with E-state index in [1.165, 1.54) is 57.1 Å². The van der Waals surface area contributed by atoms with E-state index in [2.05, 4.69) is 18.4 Å². The van der Waals surface area contributed by atoms with E-state index >= 15 is 0 Å². The molecule has 1 heterocycles. The van der Waals surface area contributed by atoms with Crippen LogP contribution in [0.5, 0.6) is 0 Å². The molecule has 1 aliphatic carbocycles. The Hall–Kier alpha value is -0.795. The van der Waals surface area contributed by atoms with E-state index < -0.39 is 0 Å². The fraction of sp³-hybridized carbons (Fsp3) is 0.846. The molecule has 0 unspecified atom stereocenters. The highest BCUT2D eigenvalue weighted by atomic mass is 16.2. The minimum absolute atomic E-state index is 0.0698. The first-order valence-corrected chi connectivity index (χ1v) is 7.07. The van der Waals surface area contributed by atoms with Gasteiger partial charge in [0.25, 0.3) is 0 Å². The Morgan fingerprint density at radius 1 is 1.00 bits per heavy atom. The highest BCUT2D eigenvalue weighted by molar-refractivity contribution is 6.30. The Morgan fingerprint density at radius 2 is 1.59 bits per heavy atom. The molecule has 2 rings (SSSR count). The monoisotopic (exact) mass is 234 g/mol. The molecule has 1 amide bonds. The van der Waals surface area contributed by atoms with Crippen LogP contribution in [0.15, 0.2) is 5.10 Å². The van der Waals surface area contributed by atoms with Crippen molar-refractivity contribution in [1.82, 2.24) is 5.43 Å². The molecule has 1 aliphatic heterocycles. The molecule has 0 aromatic carbocycles. The third-order valence-corrected chi connectivity index (χ3v) is 4.31. The molecule has 1 fully saturated rings. The van der Waals surface area contributed by atoms with E-state index in [-0.39, 0.29) is 11.2 Å². The molecule has 2 aliphatic rings. The first-order valence-electron chi connectivity index (χ1n) is 7.07. The lowest BCUT2D eigenvalue weighted by Crippen LogP contribution is -2.33. The SMILES string of the molecule is BC1(C2=NNC(=O)CC2)CCCCCCCC1. The van der Waals surface area contributed by atoms with Crippen molar-refractivity contribution >= 4 is 19.5 Å². The highest BCUT2D eigenvalue weighted by Gasteiger charge is 2.32. The van der Waals surface area contributed by atoms with Crippen molar-refractivity contribution in [2.45, 2.75) is 69.5 Å². The second kappa shape index (κ2) is 5.70. The summed E-state index contributed by atoms with van der Waals surface area (Å²) in [6, 6.07) is 0. The van der Waals surface area contributed by atoms with Crippen LogP contribution >= 0.6 is 0 Å². The van der Waals surface area contributed by atoms with Gasteiger partial charge < -0.3 is 0 Å². The van der Waals surface area contributed by atoms with Crippen molar-refractivity contribution in [3.05, 3.63) is 0 Å². The number of carbonyl (C=O) groups is 1. The number of hydrogen-bond donors (Lipinski definition) is 1. The molecule has 17 heavy (non-hydrogen) atoms. The lowest BCUT2D eigenvalue weighted by atomic mass is 9.59. The van der Waals surface area contributed by atoms with Gasteiger partial charge in [0.1, 0.15) is 7.85 Å². The maximum atomic E-state index is 11.2. The summed E-state index contributed by atoms with van der Waals surface area (Å²) in [6.45, 7) is 0. The first-order chi connectivity index (χ1) is 8.21. The minimum atomic E-state index is 0.0698. The van der Waals surface area contributed by atoms with Crippen molar-refractivity contribution in [2.75, 3.05) is 0 Å². The van der Waals surface area contributed by atoms with Gasteiger partial charge in [0.2, 0.25) is 5.91 Å². The number of carbonyl (C=O) groups excluding carboxylic acids is 1. The van der Waals surface area contributed by atoms with Crippen LogP contribution in [0, 0.1) is 0 Å². The largest absolute Gasteiger partial charge is 0.273 e. The van der Waals surface area contributed by atoms with Crippen molar-refractivity contribution in [1.29, 1.82) is 0 Å². The normalized spacial score (nSPS) is 26.1. The Bertz CT molecular complexity index is 305. The molecule has 94 valence electrons. The second-order valence-corrected chi connectivity index (χ2v) is 5.78. The number of nitrogens with zero attached hydrogens (tertiary/aromatic N) is 1. The Labute approximate surface area is 105 Å². The molecule has 3 nitrogen and oxygen atoms in total. The van der Waals surface area contributed by atoms with Crippen LogP contribution in [0.1, 0.15) is 64.2 Å². The number of hydrogen-bond acceptors (Lipinski definition) is 2.